The lowest BCUT2D eigenvalue weighted by molar-refractivity contribution is -0.384. The van der Waals surface area contributed by atoms with Gasteiger partial charge in [-0.25, -0.2) is 13.6 Å². The predicted molar refractivity (Wildman–Crippen MR) is 70.0 cm³/mol. The van der Waals surface area contributed by atoms with Crippen LogP contribution in [0.4, 0.5) is 20.2 Å². The summed E-state index contributed by atoms with van der Waals surface area (Å²) in [6.07, 6.45) is 1.71. The minimum absolute atomic E-state index is 0.223. The van der Waals surface area contributed by atoms with Crippen molar-refractivity contribution in [3.8, 4) is 0 Å². The summed E-state index contributed by atoms with van der Waals surface area (Å²) in [5.74, 6) is -3.13. The number of carbonyl (C=O) groups excluding carboxylic acids is 1. The fourth-order valence-electron chi connectivity index (χ4n) is 2.53. The van der Waals surface area contributed by atoms with Gasteiger partial charge in [-0.15, -0.1) is 0 Å². The molecular weight excluding hydrogens is 286 g/mol. The van der Waals surface area contributed by atoms with Crippen LogP contribution in [0.2, 0.25) is 0 Å². The van der Waals surface area contributed by atoms with Gasteiger partial charge >= 0.3 is 5.97 Å². The molecule has 0 spiro atoms. The van der Waals surface area contributed by atoms with Crippen molar-refractivity contribution in [1.29, 1.82) is 0 Å². The van der Waals surface area contributed by atoms with E-state index in [0.717, 1.165) is 6.07 Å². The molecule has 0 aliphatic carbocycles. The highest BCUT2D eigenvalue weighted by Gasteiger charge is 2.36. The fourth-order valence-corrected chi connectivity index (χ4v) is 2.53. The van der Waals surface area contributed by atoms with Crippen LogP contribution in [0.25, 0.3) is 0 Å². The highest BCUT2D eigenvalue weighted by Crippen LogP contribution is 2.36. The molecule has 0 radical (unpaired) electrons. The van der Waals surface area contributed by atoms with Crippen LogP contribution in [0.5, 0.6) is 0 Å². The molecule has 21 heavy (non-hydrogen) atoms. The van der Waals surface area contributed by atoms with Crippen LogP contribution in [0, 0.1) is 21.7 Å². The number of piperidine rings is 1. The predicted octanol–water partition coefficient (Wildman–Crippen LogP) is 2.40. The number of anilines is 1. The summed E-state index contributed by atoms with van der Waals surface area (Å²) in [5, 5.41) is 11.0. The zero-order valence-electron chi connectivity index (χ0n) is 11.3. The number of nitro groups is 1. The highest BCUT2D eigenvalue weighted by atomic mass is 19.2. The van der Waals surface area contributed by atoms with Crippen molar-refractivity contribution in [2.24, 2.45) is 0 Å². The van der Waals surface area contributed by atoms with Gasteiger partial charge in [0.1, 0.15) is 6.04 Å². The number of methoxy groups -OCH3 is 1. The lowest BCUT2D eigenvalue weighted by Gasteiger charge is -2.35. The van der Waals surface area contributed by atoms with Crippen LogP contribution in [-0.4, -0.2) is 30.6 Å². The fraction of sp³-hybridized carbons (Fsp3) is 0.462. The van der Waals surface area contributed by atoms with Gasteiger partial charge in [-0.05, 0) is 25.3 Å². The summed E-state index contributed by atoms with van der Waals surface area (Å²) in [5.41, 5.74) is -1.06. The Labute approximate surface area is 119 Å². The topological polar surface area (TPSA) is 72.7 Å². The third-order valence-corrected chi connectivity index (χ3v) is 3.51. The first-order valence-corrected chi connectivity index (χ1v) is 6.44. The van der Waals surface area contributed by atoms with Crippen molar-refractivity contribution in [3.63, 3.8) is 0 Å². The van der Waals surface area contributed by atoms with Gasteiger partial charge in [-0.1, -0.05) is 0 Å². The quantitative estimate of drug-likeness (QED) is 0.487. The molecule has 8 heteroatoms. The zero-order chi connectivity index (χ0) is 15.6. The molecule has 0 amide bonds. The number of ether oxygens (including phenoxy) is 1. The van der Waals surface area contributed by atoms with E-state index in [0.29, 0.717) is 25.3 Å². The molecule has 1 aromatic rings. The largest absolute Gasteiger partial charge is 0.467 e. The van der Waals surface area contributed by atoms with Crippen molar-refractivity contribution in [1.82, 2.24) is 0 Å². The molecule has 1 aliphatic heterocycles. The molecule has 1 aromatic carbocycles. The number of carbonyl (C=O) groups is 1. The Morgan fingerprint density at radius 2 is 2.14 bits per heavy atom. The summed E-state index contributed by atoms with van der Waals surface area (Å²) >= 11 is 0. The van der Waals surface area contributed by atoms with Gasteiger partial charge in [-0.3, -0.25) is 10.1 Å². The third-order valence-electron chi connectivity index (χ3n) is 3.51. The molecular formula is C13H14F2N2O4. The Kier molecular flexibility index (Phi) is 4.35. The van der Waals surface area contributed by atoms with Gasteiger partial charge in [0.15, 0.2) is 17.3 Å². The minimum atomic E-state index is -1.32. The molecule has 1 fully saturated rings. The van der Waals surface area contributed by atoms with Gasteiger partial charge in [0, 0.05) is 12.6 Å². The first-order valence-electron chi connectivity index (χ1n) is 6.44. The summed E-state index contributed by atoms with van der Waals surface area (Å²) in [6, 6.07) is 0.754. The SMILES string of the molecule is COC(=O)C1CCCCN1c1c([N+](=O)[O-])ccc(F)c1F. The van der Waals surface area contributed by atoms with Crippen LogP contribution >= 0.6 is 0 Å². The van der Waals surface area contributed by atoms with E-state index in [1.54, 1.807) is 0 Å². The number of esters is 1. The zero-order valence-corrected chi connectivity index (χ0v) is 11.3. The lowest BCUT2D eigenvalue weighted by Crippen LogP contribution is -2.46. The van der Waals surface area contributed by atoms with Gasteiger partial charge in [0.25, 0.3) is 5.69 Å². The average molecular weight is 300 g/mol. The maximum absolute atomic E-state index is 14.1. The van der Waals surface area contributed by atoms with Gasteiger partial charge in [-0.2, -0.15) is 0 Å². The molecule has 1 heterocycles. The van der Waals surface area contributed by atoms with Crippen LogP contribution in [0.3, 0.4) is 0 Å². The molecule has 0 N–H and O–H groups in total. The second-order valence-corrected chi connectivity index (χ2v) is 4.71. The molecule has 1 aliphatic rings. The van der Waals surface area contributed by atoms with Crippen LogP contribution in [-0.2, 0) is 9.53 Å². The number of nitrogens with zero attached hydrogens (tertiary/aromatic N) is 2. The van der Waals surface area contributed by atoms with E-state index in [1.807, 2.05) is 0 Å². The minimum Gasteiger partial charge on any atom is -0.467 e. The van der Waals surface area contributed by atoms with Gasteiger partial charge in [0.05, 0.1) is 12.0 Å². The molecule has 0 bridgehead atoms. The van der Waals surface area contributed by atoms with Crippen LogP contribution in [0.1, 0.15) is 19.3 Å². The molecule has 6 nitrogen and oxygen atoms in total. The van der Waals surface area contributed by atoms with E-state index in [9.17, 15) is 23.7 Å². The number of rotatable bonds is 3. The van der Waals surface area contributed by atoms with E-state index in [1.165, 1.54) is 12.0 Å². The standard InChI is InChI=1S/C13H14F2N2O4/c1-21-13(18)10-4-2-3-7-16(10)12-9(17(19)20)6-5-8(14)11(12)15/h5-6,10H,2-4,7H2,1H3. The monoisotopic (exact) mass is 300 g/mol. The normalized spacial score (nSPS) is 18.4. The number of hydrogen-bond donors (Lipinski definition) is 0. The van der Waals surface area contributed by atoms with E-state index in [4.69, 9.17) is 0 Å². The summed E-state index contributed by atoms with van der Waals surface area (Å²) in [6.45, 7) is 0.223. The van der Waals surface area contributed by atoms with Crippen molar-refractivity contribution >= 4 is 17.3 Å². The van der Waals surface area contributed by atoms with E-state index < -0.39 is 39.9 Å². The Bertz CT molecular complexity index is 580. The molecule has 114 valence electrons. The molecule has 0 aromatic heterocycles. The van der Waals surface area contributed by atoms with Gasteiger partial charge in [0.2, 0.25) is 0 Å². The van der Waals surface area contributed by atoms with Crippen molar-refractivity contribution in [2.75, 3.05) is 18.6 Å². The maximum Gasteiger partial charge on any atom is 0.328 e. The Balaban J connectivity index is 2.54. The summed E-state index contributed by atoms with van der Waals surface area (Å²) in [4.78, 5) is 23.3. The molecule has 0 saturated carbocycles. The van der Waals surface area contributed by atoms with Crippen LogP contribution < -0.4 is 4.90 Å². The number of nitro benzene ring substituents is 1. The Morgan fingerprint density at radius 3 is 2.76 bits per heavy atom. The Hall–Kier alpha value is -2.25. The summed E-state index contributed by atoms with van der Waals surface area (Å²) in [7, 11) is 1.19. The average Bonchev–Trinajstić information content (AvgIpc) is 2.48. The number of hydrogen-bond acceptors (Lipinski definition) is 5. The van der Waals surface area contributed by atoms with E-state index >= 15 is 0 Å². The second kappa shape index (κ2) is 6.02. The first kappa shape index (κ1) is 15.1. The molecule has 1 saturated heterocycles. The Morgan fingerprint density at radius 1 is 1.43 bits per heavy atom. The third kappa shape index (κ3) is 2.79. The smallest absolute Gasteiger partial charge is 0.328 e. The molecule has 1 unspecified atom stereocenters. The van der Waals surface area contributed by atoms with E-state index in [-0.39, 0.29) is 6.54 Å². The lowest BCUT2D eigenvalue weighted by atomic mass is 10.0. The number of benzene rings is 1. The van der Waals surface area contributed by atoms with Gasteiger partial charge < -0.3 is 9.64 Å². The first-order chi connectivity index (χ1) is 9.97. The van der Waals surface area contributed by atoms with Crippen molar-refractivity contribution in [3.05, 3.63) is 33.9 Å². The maximum atomic E-state index is 14.1. The highest BCUT2D eigenvalue weighted by molar-refractivity contribution is 5.82. The summed E-state index contributed by atoms with van der Waals surface area (Å²) < 4.78 is 32.2. The second-order valence-electron chi connectivity index (χ2n) is 4.71. The molecule has 1 atom stereocenters. The van der Waals surface area contributed by atoms with Crippen LogP contribution in [0.15, 0.2) is 12.1 Å². The van der Waals surface area contributed by atoms with E-state index in [2.05, 4.69) is 4.74 Å². The molecule has 2 rings (SSSR count). The van der Waals surface area contributed by atoms with Crippen molar-refractivity contribution < 1.29 is 23.2 Å². The van der Waals surface area contributed by atoms with Crippen molar-refractivity contribution in [2.45, 2.75) is 25.3 Å². The number of halogens is 2.